The second-order valence-electron chi connectivity index (χ2n) is 7.91. The molecule has 1 amide bonds. The predicted octanol–water partition coefficient (Wildman–Crippen LogP) is 4.30. The molecule has 12 heteroatoms. The first-order chi connectivity index (χ1) is 16.0. The molecule has 0 aliphatic heterocycles. The number of thiophene rings is 1. The average Bonchev–Trinajstić information content (AvgIpc) is 3.10. The number of aryl methyl sites for hydroxylation is 1. The zero-order chi connectivity index (χ0) is 25.2. The minimum Gasteiger partial charge on any atom is -0.383 e. The van der Waals surface area contributed by atoms with Crippen LogP contribution in [0.5, 0.6) is 0 Å². The van der Waals surface area contributed by atoms with E-state index in [-0.39, 0.29) is 34.3 Å². The maximum Gasteiger partial charge on any atom is 0.433 e. The van der Waals surface area contributed by atoms with Crippen molar-refractivity contribution in [3.63, 3.8) is 0 Å². The molecule has 0 spiro atoms. The van der Waals surface area contributed by atoms with Gasteiger partial charge in [-0.05, 0) is 37.5 Å². The van der Waals surface area contributed by atoms with E-state index in [0.29, 0.717) is 30.2 Å². The number of hydrogen-bond acceptors (Lipinski definition) is 6. The maximum atomic E-state index is 13.6. The topological polar surface area (TPSA) is 114 Å². The van der Waals surface area contributed by atoms with E-state index in [1.54, 1.807) is 6.92 Å². The molecule has 34 heavy (non-hydrogen) atoms. The SMILES string of the molecule is CCCCN(C(=O)c1sc2nc(C(F)(F)F)ccc2c1C)c1c(N)n(CCCC)c(=O)[nH]c1=O. The van der Waals surface area contributed by atoms with Crippen molar-refractivity contribution in [2.45, 2.75) is 59.2 Å². The second-order valence-corrected chi connectivity index (χ2v) is 8.91. The van der Waals surface area contributed by atoms with Crippen molar-refractivity contribution < 1.29 is 18.0 Å². The van der Waals surface area contributed by atoms with E-state index in [2.05, 4.69) is 9.97 Å². The number of rotatable bonds is 8. The van der Waals surface area contributed by atoms with Gasteiger partial charge in [0, 0.05) is 18.5 Å². The minimum absolute atomic E-state index is 0.0703. The van der Waals surface area contributed by atoms with Crippen molar-refractivity contribution >= 4 is 39.0 Å². The Morgan fingerprint density at radius 2 is 1.88 bits per heavy atom. The highest BCUT2D eigenvalue weighted by molar-refractivity contribution is 7.20. The number of unbranched alkanes of at least 4 members (excludes halogenated alkanes) is 2. The van der Waals surface area contributed by atoms with Crippen molar-refractivity contribution in [2.24, 2.45) is 0 Å². The van der Waals surface area contributed by atoms with Gasteiger partial charge in [-0.2, -0.15) is 13.2 Å². The third-order valence-corrected chi connectivity index (χ3v) is 6.68. The summed E-state index contributed by atoms with van der Waals surface area (Å²) in [6, 6.07) is 2.16. The van der Waals surface area contributed by atoms with Gasteiger partial charge in [-0.15, -0.1) is 11.3 Å². The van der Waals surface area contributed by atoms with Crippen LogP contribution in [-0.4, -0.2) is 27.0 Å². The molecule has 3 heterocycles. The van der Waals surface area contributed by atoms with Gasteiger partial charge in [-0.1, -0.05) is 26.7 Å². The third-order valence-electron chi connectivity index (χ3n) is 5.49. The summed E-state index contributed by atoms with van der Waals surface area (Å²) in [6.45, 7) is 5.88. The lowest BCUT2D eigenvalue weighted by atomic mass is 10.1. The Morgan fingerprint density at radius 1 is 1.21 bits per heavy atom. The minimum atomic E-state index is -4.61. The van der Waals surface area contributed by atoms with Crippen molar-refractivity contribution in [3.8, 4) is 0 Å². The zero-order valence-corrected chi connectivity index (χ0v) is 19.9. The highest BCUT2D eigenvalue weighted by Gasteiger charge is 2.34. The number of amides is 1. The van der Waals surface area contributed by atoms with E-state index in [1.807, 2.05) is 13.8 Å². The normalized spacial score (nSPS) is 11.8. The monoisotopic (exact) mass is 497 g/mol. The van der Waals surface area contributed by atoms with E-state index < -0.39 is 29.0 Å². The van der Waals surface area contributed by atoms with Crippen molar-refractivity contribution in [2.75, 3.05) is 17.2 Å². The van der Waals surface area contributed by atoms with E-state index in [9.17, 15) is 27.6 Å². The molecule has 3 aromatic rings. The van der Waals surface area contributed by atoms with Crippen LogP contribution in [0.1, 0.15) is 60.5 Å². The van der Waals surface area contributed by atoms with E-state index in [1.165, 1.54) is 15.5 Å². The first-order valence-corrected chi connectivity index (χ1v) is 11.7. The number of nitrogen functional groups attached to an aromatic ring is 1. The first kappa shape index (κ1) is 25.5. The van der Waals surface area contributed by atoms with Crippen molar-refractivity contribution in [1.29, 1.82) is 0 Å². The van der Waals surface area contributed by atoms with Crippen LogP contribution in [-0.2, 0) is 12.7 Å². The Labute approximate surface area is 197 Å². The molecule has 3 aromatic heterocycles. The molecule has 8 nitrogen and oxygen atoms in total. The molecule has 0 saturated heterocycles. The molecule has 3 rings (SSSR count). The van der Waals surface area contributed by atoms with Crippen LogP contribution in [0.25, 0.3) is 10.2 Å². The molecular formula is C22H26F3N5O3S. The fourth-order valence-electron chi connectivity index (χ4n) is 3.59. The Hall–Kier alpha value is -3.15. The number of aromatic amines is 1. The molecule has 0 fully saturated rings. The molecule has 0 radical (unpaired) electrons. The van der Waals surface area contributed by atoms with Gasteiger partial charge in [-0.25, -0.2) is 9.78 Å². The van der Waals surface area contributed by atoms with Gasteiger partial charge in [0.2, 0.25) is 0 Å². The van der Waals surface area contributed by atoms with Gasteiger partial charge >= 0.3 is 11.9 Å². The quantitative estimate of drug-likeness (QED) is 0.482. The molecule has 0 aliphatic carbocycles. The summed E-state index contributed by atoms with van der Waals surface area (Å²) in [5.41, 5.74) is 4.02. The summed E-state index contributed by atoms with van der Waals surface area (Å²) in [5.74, 6) is -0.705. The largest absolute Gasteiger partial charge is 0.433 e. The summed E-state index contributed by atoms with van der Waals surface area (Å²) in [6.07, 6.45) is -1.94. The smallest absolute Gasteiger partial charge is 0.383 e. The van der Waals surface area contributed by atoms with Gasteiger partial charge < -0.3 is 5.73 Å². The number of carbonyl (C=O) groups is 1. The lowest BCUT2D eigenvalue weighted by Crippen LogP contribution is -2.41. The summed E-state index contributed by atoms with van der Waals surface area (Å²) < 4.78 is 40.5. The number of fused-ring (bicyclic) bond motifs is 1. The Morgan fingerprint density at radius 3 is 2.50 bits per heavy atom. The summed E-state index contributed by atoms with van der Waals surface area (Å²) >= 11 is 0.828. The summed E-state index contributed by atoms with van der Waals surface area (Å²) in [7, 11) is 0. The summed E-state index contributed by atoms with van der Waals surface area (Å²) in [4.78, 5) is 46.0. The Balaban J connectivity index is 2.15. The van der Waals surface area contributed by atoms with Crippen LogP contribution in [0, 0.1) is 6.92 Å². The van der Waals surface area contributed by atoms with Gasteiger partial charge in [0.05, 0.1) is 4.88 Å². The second kappa shape index (κ2) is 10.00. The predicted molar refractivity (Wildman–Crippen MR) is 127 cm³/mol. The van der Waals surface area contributed by atoms with Crippen molar-refractivity contribution in [3.05, 3.63) is 49.1 Å². The lowest BCUT2D eigenvalue weighted by molar-refractivity contribution is -0.140. The number of H-pyrrole nitrogens is 1. The van der Waals surface area contributed by atoms with Crippen LogP contribution in [0.3, 0.4) is 0 Å². The zero-order valence-electron chi connectivity index (χ0n) is 19.1. The number of aromatic nitrogens is 3. The molecule has 0 bridgehead atoms. The van der Waals surface area contributed by atoms with Crippen LogP contribution < -0.4 is 21.9 Å². The lowest BCUT2D eigenvalue weighted by Gasteiger charge is -2.24. The molecule has 0 unspecified atom stereocenters. The Bertz CT molecular complexity index is 1330. The van der Waals surface area contributed by atoms with Crippen LogP contribution in [0.4, 0.5) is 24.7 Å². The van der Waals surface area contributed by atoms with Crippen LogP contribution in [0.15, 0.2) is 21.7 Å². The molecule has 0 saturated carbocycles. The standard InChI is InChI=1S/C22H26F3N5O3S/c1-4-6-10-29(15-17(26)30(11-7-5-2)21(33)28-18(15)31)20(32)16-12(3)13-8-9-14(22(23,24)25)27-19(13)34-16/h8-9H,4-7,10-11,26H2,1-3H3,(H,28,31,33). The number of pyridine rings is 1. The fourth-order valence-corrected chi connectivity index (χ4v) is 4.72. The molecule has 0 atom stereocenters. The van der Waals surface area contributed by atoms with Gasteiger partial charge in [0.1, 0.15) is 16.3 Å². The number of nitrogens with two attached hydrogens (primary N) is 1. The highest BCUT2D eigenvalue weighted by atomic mass is 32.1. The van der Waals surface area contributed by atoms with Gasteiger partial charge in [0.15, 0.2) is 5.69 Å². The molecule has 3 N–H and O–H groups in total. The third kappa shape index (κ3) is 4.86. The van der Waals surface area contributed by atoms with Crippen molar-refractivity contribution in [1.82, 2.24) is 14.5 Å². The van der Waals surface area contributed by atoms with Crippen LogP contribution in [0.2, 0.25) is 0 Å². The van der Waals surface area contributed by atoms with E-state index >= 15 is 0 Å². The molecule has 0 aliphatic rings. The van der Waals surface area contributed by atoms with E-state index in [4.69, 9.17) is 5.73 Å². The number of nitrogens with one attached hydrogen (secondary N) is 1. The average molecular weight is 498 g/mol. The van der Waals surface area contributed by atoms with E-state index in [0.717, 1.165) is 23.8 Å². The summed E-state index contributed by atoms with van der Waals surface area (Å²) in [5, 5.41) is 0.423. The van der Waals surface area contributed by atoms with Gasteiger partial charge in [0.25, 0.3) is 11.5 Å². The molecule has 0 aromatic carbocycles. The molecular weight excluding hydrogens is 471 g/mol. The number of anilines is 2. The number of nitrogens with zero attached hydrogens (tertiary/aromatic N) is 3. The number of carbonyl (C=O) groups excluding carboxylic acids is 1. The number of hydrogen-bond donors (Lipinski definition) is 2. The fraction of sp³-hybridized carbons (Fsp3) is 0.455. The first-order valence-electron chi connectivity index (χ1n) is 10.9. The Kier molecular flexibility index (Phi) is 7.49. The maximum absolute atomic E-state index is 13.6. The van der Waals surface area contributed by atoms with Gasteiger partial charge in [-0.3, -0.25) is 24.0 Å². The van der Waals surface area contributed by atoms with Crippen LogP contribution >= 0.6 is 11.3 Å². The highest BCUT2D eigenvalue weighted by Crippen LogP contribution is 2.35. The number of alkyl halides is 3. The molecule has 184 valence electrons. The number of halogens is 3.